The highest BCUT2D eigenvalue weighted by Crippen LogP contribution is 1.99. The summed E-state index contributed by atoms with van der Waals surface area (Å²) in [6, 6.07) is 0. The van der Waals surface area contributed by atoms with Gasteiger partial charge in [-0.15, -0.1) is 0 Å². The molecule has 0 aliphatic carbocycles. The number of rotatable bonds is 1. The van der Waals surface area contributed by atoms with Gasteiger partial charge in [-0.05, 0) is 13.3 Å². The largest absolute Gasteiger partial charge is 0.425 e. The topological polar surface area (TPSA) is 86.6 Å². The second-order valence-corrected chi connectivity index (χ2v) is 12.5. The Bertz CT molecular complexity index is 121. The third-order valence-corrected chi connectivity index (χ3v) is 8.17. The maximum absolute atomic E-state index is 8.38. The van der Waals surface area contributed by atoms with Crippen LogP contribution in [0, 0.1) is 0 Å². The molecule has 1 aliphatic heterocycles. The van der Waals surface area contributed by atoms with Gasteiger partial charge in [0.2, 0.25) is 0 Å². The predicted molar refractivity (Wildman–Crippen MR) is 71.3 cm³/mol. The van der Waals surface area contributed by atoms with E-state index in [9.17, 15) is 0 Å². The Morgan fingerprint density at radius 3 is 1.12 bits per heavy atom. The molecule has 1 fully saturated rings. The lowest BCUT2D eigenvalue weighted by Crippen LogP contribution is -2.23. The first-order valence-electron chi connectivity index (χ1n) is 4.89. The zero-order valence-electron chi connectivity index (χ0n) is 9.68. The van der Waals surface area contributed by atoms with E-state index in [-0.39, 0.29) is 0 Å². The summed E-state index contributed by atoms with van der Waals surface area (Å²) >= 11 is 0. The monoisotopic (exact) mass is 320 g/mol. The Morgan fingerprint density at radius 2 is 1.00 bits per heavy atom. The van der Waals surface area contributed by atoms with Gasteiger partial charge in [0.25, 0.3) is 50.0 Å². The number of hydrogen-bond acceptors (Lipinski definition) is 7. The summed E-state index contributed by atoms with van der Waals surface area (Å²) in [6.07, 6.45) is 0.382. The van der Waals surface area contributed by atoms with Gasteiger partial charge in [-0.25, -0.2) is 0 Å². The molecular weight excluding hydrogens is 300 g/mol. The zero-order valence-corrected chi connectivity index (χ0v) is 16.7. The Morgan fingerprint density at radius 1 is 0.812 bits per heavy atom. The second kappa shape index (κ2) is 10.9. The molecule has 1 saturated heterocycles. The summed E-state index contributed by atoms with van der Waals surface area (Å²) in [5.74, 6) is -1.46. The minimum atomic E-state index is -1.46. The maximum atomic E-state index is 8.38. The van der Waals surface area contributed by atoms with Crippen LogP contribution in [0.1, 0.15) is 20.3 Å². The lowest BCUT2D eigenvalue weighted by molar-refractivity contribution is -0.145. The Kier molecular flexibility index (Phi) is 11.5. The number of aliphatic hydroxyl groups is 2. The molecule has 0 aromatic carbocycles. The van der Waals surface area contributed by atoms with Gasteiger partial charge in [0.05, 0.1) is 0 Å². The first-order valence-corrected chi connectivity index (χ1v) is 10.7. The number of hydrogen-bond donors (Lipinski definition) is 2. The third-order valence-electron chi connectivity index (χ3n) is 1.50. The maximum Gasteiger partial charge on any atom is 0.286 e. The summed E-state index contributed by atoms with van der Waals surface area (Å²) in [5, 5.41) is 16.8. The van der Waals surface area contributed by atoms with Gasteiger partial charge in [-0.3, -0.25) is 0 Å². The van der Waals surface area contributed by atoms with E-state index < -0.39 is 55.8 Å². The molecule has 1 rings (SSSR count). The zero-order chi connectivity index (χ0) is 12.3. The highest BCUT2D eigenvalue weighted by Gasteiger charge is 2.08. The van der Waals surface area contributed by atoms with Crippen LogP contribution in [0.3, 0.4) is 0 Å². The van der Waals surface area contributed by atoms with Crippen LogP contribution in [-0.2, 0) is 20.6 Å². The van der Waals surface area contributed by atoms with E-state index in [4.69, 9.17) is 30.8 Å². The normalized spacial score (nSPS) is 27.0. The minimum Gasteiger partial charge on any atom is -0.425 e. The predicted octanol–water partition coefficient (Wildman–Crippen LogP) is -4.83. The van der Waals surface area contributed by atoms with E-state index in [0.29, 0.717) is 6.42 Å². The summed E-state index contributed by atoms with van der Waals surface area (Å²) < 4.78 is 25.8. The van der Waals surface area contributed by atoms with Crippen molar-refractivity contribution >= 4 is 50.0 Å². The molecule has 2 N–H and O–H groups in total. The standard InChI is InChI=1S/C4H10O2.H10O5Si5/c1-3-4(2,5)6;1-6-2-8-4-10-5-9-3-7-1/h5-6H,3H2,1-2H3;6-10H2. The van der Waals surface area contributed by atoms with Gasteiger partial charge < -0.3 is 30.8 Å². The molecule has 16 heavy (non-hydrogen) atoms. The van der Waals surface area contributed by atoms with Crippen LogP contribution in [0.4, 0.5) is 0 Å². The quantitative estimate of drug-likeness (QED) is 0.370. The van der Waals surface area contributed by atoms with Gasteiger partial charge in [0.1, 0.15) is 0 Å². The second-order valence-electron chi connectivity index (χ2n) is 3.18. The van der Waals surface area contributed by atoms with Gasteiger partial charge in [0, 0.05) is 0 Å². The fraction of sp³-hybridized carbons (Fsp3) is 1.00. The Labute approximate surface area is 107 Å². The van der Waals surface area contributed by atoms with Crippen molar-refractivity contribution in [1.82, 2.24) is 0 Å². The summed E-state index contributed by atoms with van der Waals surface area (Å²) in [6.45, 7) is 3.06. The van der Waals surface area contributed by atoms with Crippen molar-refractivity contribution < 1.29 is 30.8 Å². The van der Waals surface area contributed by atoms with E-state index in [0.717, 1.165) is 0 Å². The van der Waals surface area contributed by atoms with E-state index in [1.807, 2.05) is 0 Å². The van der Waals surface area contributed by atoms with Crippen molar-refractivity contribution in [2.75, 3.05) is 0 Å². The molecule has 98 valence electrons. The van der Waals surface area contributed by atoms with E-state index in [2.05, 4.69) is 0 Å². The highest BCUT2D eigenvalue weighted by atomic mass is 28.4. The molecule has 12 heteroatoms. The first-order chi connectivity index (χ1) is 7.56. The average molecular weight is 321 g/mol. The van der Waals surface area contributed by atoms with Crippen LogP contribution >= 0.6 is 0 Å². The third kappa shape index (κ3) is 14.8. The summed E-state index contributed by atoms with van der Waals surface area (Å²) in [5.41, 5.74) is 0. The molecule has 0 saturated carbocycles. The van der Waals surface area contributed by atoms with Crippen LogP contribution in [0.15, 0.2) is 0 Å². The van der Waals surface area contributed by atoms with Gasteiger partial charge in [-0.1, -0.05) is 6.92 Å². The van der Waals surface area contributed by atoms with Crippen molar-refractivity contribution in [3.05, 3.63) is 0 Å². The molecule has 0 aromatic rings. The molecule has 0 bridgehead atoms. The summed E-state index contributed by atoms with van der Waals surface area (Å²) in [4.78, 5) is 0. The van der Waals surface area contributed by atoms with Crippen molar-refractivity contribution in [2.45, 2.75) is 26.1 Å². The molecule has 0 radical (unpaired) electrons. The van der Waals surface area contributed by atoms with Crippen molar-refractivity contribution in [3.63, 3.8) is 0 Å². The molecule has 0 unspecified atom stereocenters. The van der Waals surface area contributed by atoms with Crippen LogP contribution < -0.4 is 0 Å². The van der Waals surface area contributed by atoms with Gasteiger partial charge in [0.15, 0.2) is 5.79 Å². The highest BCUT2D eigenvalue weighted by molar-refractivity contribution is 6.50. The summed E-state index contributed by atoms with van der Waals surface area (Å²) in [7, 11) is -3.62. The van der Waals surface area contributed by atoms with Crippen LogP contribution in [0.2, 0.25) is 0 Å². The first kappa shape index (κ1) is 16.8. The van der Waals surface area contributed by atoms with Gasteiger partial charge >= 0.3 is 0 Å². The van der Waals surface area contributed by atoms with Crippen LogP contribution in [0.5, 0.6) is 0 Å². The SMILES string of the molecule is CCC(C)(O)O.O1[SiH2]O[SiH2]O[SiH2]O[SiH2]O[SiH2]1. The molecule has 0 amide bonds. The van der Waals surface area contributed by atoms with E-state index in [1.54, 1.807) is 6.92 Å². The molecular formula is C4H20O7Si5. The lowest BCUT2D eigenvalue weighted by atomic mass is 10.3. The Balaban J connectivity index is 0.000000325. The molecule has 0 atom stereocenters. The molecule has 1 heterocycles. The van der Waals surface area contributed by atoms with Gasteiger partial charge in [-0.2, -0.15) is 0 Å². The average Bonchev–Trinajstić information content (AvgIpc) is 2.26. The molecule has 1 aliphatic rings. The van der Waals surface area contributed by atoms with E-state index in [1.165, 1.54) is 6.92 Å². The smallest absolute Gasteiger partial charge is 0.286 e. The Hall–Kier alpha value is 0.804. The van der Waals surface area contributed by atoms with Crippen molar-refractivity contribution in [2.24, 2.45) is 0 Å². The van der Waals surface area contributed by atoms with Crippen molar-refractivity contribution in [3.8, 4) is 0 Å². The van der Waals surface area contributed by atoms with Crippen LogP contribution in [0.25, 0.3) is 0 Å². The molecule has 0 spiro atoms. The molecule has 7 nitrogen and oxygen atoms in total. The van der Waals surface area contributed by atoms with Crippen molar-refractivity contribution in [1.29, 1.82) is 0 Å². The minimum absolute atomic E-state index is 0.382. The fourth-order valence-corrected chi connectivity index (χ4v) is 9.49. The fourth-order valence-electron chi connectivity index (χ4n) is 0.465. The van der Waals surface area contributed by atoms with E-state index >= 15 is 0 Å². The lowest BCUT2D eigenvalue weighted by Gasteiger charge is -2.10. The van der Waals surface area contributed by atoms with Crippen LogP contribution in [-0.4, -0.2) is 66.0 Å². The molecule has 0 aromatic heterocycles.